The number of carboxylic acids is 1. The van der Waals surface area contributed by atoms with Crippen LogP contribution in [0.25, 0.3) is 32.9 Å². The summed E-state index contributed by atoms with van der Waals surface area (Å²) in [7, 11) is 0. The smallest absolute Gasteiger partial charge is 0.307 e. The molecule has 2 aliphatic rings. The van der Waals surface area contributed by atoms with Crippen LogP contribution in [-0.4, -0.2) is 51.4 Å². The molecule has 38 heavy (non-hydrogen) atoms. The Kier molecular flexibility index (Phi) is 6.97. The Morgan fingerprint density at radius 1 is 1.11 bits per heavy atom. The first-order valence-corrected chi connectivity index (χ1v) is 13.3. The standard InChI is InChI=1S/C27H25N3O3.C4H10O/c1-16-14-21-18(5-7-23(29-21)30-11-2-3-12-30)26(20(16)15-24(31)32)19-4-6-22-25-17(9-13-33-22)8-10-28-27(19)25;1-4(2,3)5/h4-8,10,14H,2-3,9,11-13,15H2,1H3,(H,31,32);5H,1-3H3. The highest BCUT2D eigenvalue weighted by atomic mass is 16.5. The molecule has 4 heterocycles. The summed E-state index contributed by atoms with van der Waals surface area (Å²) in [4.78, 5) is 23.9. The number of hydrogen-bond acceptors (Lipinski definition) is 6. The van der Waals surface area contributed by atoms with E-state index in [1.807, 2.05) is 31.3 Å². The van der Waals surface area contributed by atoms with E-state index < -0.39 is 11.6 Å². The molecule has 4 aromatic rings. The molecule has 1 fully saturated rings. The molecule has 0 atom stereocenters. The molecule has 7 nitrogen and oxygen atoms in total. The maximum Gasteiger partial charge on any atom is 0.307 e. The second kappa shape index (κ2) is 10.2. The lowest BCUT2D eigenvalue weighted by molar-refractivity contribution is -0.136. The fourth-order valence-electron chi connectivity index (χ4n) is 5.35. The third-order valence-electron chi connectivity index (χ3n) is 6.91. The third-order valence-corrected chi connectivity index (χ3v) is 6.91. The number of pyridine rings is 2. The number of rotatable bonds is 4. The van der Waals surface area contributed by atoms with E-state index in [1.54, 1.807) is 20.8 Å². The van der Waals surface area contributed by atoms with Gasteiger partial charge < -0.3 is 19.8 Å². The van der Waals surface area contributed by atoms with E-state index in [2.05, 4.69) is 23.1 Å². The van der Waals surface area contributed by atoms with E-state index in [9.17, 15) is 9.90 Å². The highest BCUT2D eigenvalue weighted by molar-refractivity contribution is 6.08. The van der Waals surface area contributed by atoms with Gasteiger partial charge in [-0.2, -0.15) is 0 Å². The van der Waals surface area contributed by atoms with Crippen LogP contribution in [-0.2, 0) is 17.6 Å². The lowest BCUT2D eigenvalue weighted by atomic mass is 9.88. The van der Waals surface area contributed by atoms with Crippen molar-refractivity contribution in [2.75, 3.05) is 24.6 Å². The molecule has 0 bridgehead atoms. The quantitative estimate of drug-likeness (QED) is 0.361. The van der Waals surface area contributed by atoms with Crippen LogP contribution in [0.1, 0.15) is 50.3 Å². The number of aromatic nitrogens is 2. The number of carboxylic acid groups (broad SMARTS) is 1. The van der Waals surface area contributed by atoms with Crippen LogP contribution in [0, 0.1) is 6.92 Å². The van der Waals surface area contributed by atoms with Crippen molar-refractivity contribution >= 4 is 33.6 Å². The number of aliphatic carboxylic acids is 1. The van der Waals surface area contributed by atoms with Crippen LogP contribution in [0.15, 0.2) is 42.6 Å². The Morgan fingerprint density at radius 2 is 1.84 bits per heavy atom. The Bertz CT molecular complexity index is 1500. The number of benzene rings is 2. The van der Waals surface area contributed by atoms with Crippen LogP contribution in [0.3, 0.4) is 0 Å². The van der Waals surface area contributed by atoms with Gasteiger partial charge in [-0.1, -0.05) is 0 Å². The van der Waals surface area contributed by atoms with Gasteiger partial charge in [-0.05, 0) is 99.2 Å². The first-order chi connectivity index (χ1) is 18.1. The van der Waals surface area contributed by atoms with Gasteiger partial charge in [0.1, 0.15) is 11.6 Å². The molecule has 0 spiro atoms. The molecule has 2 aromatic carbocycles. The SMILES string of the molecule is CC(C)(C)O.Cc1cc2nc(N3CCCC3)ccc2c(-c2ccc3c4c(ccnc24)CCO3)c1CC(=O)O. The van der Waals surface area contributed by atoms with Crippen molar-refractivity contribution in [2.24, 2.45) is 0 Å². The maximum absolute atomic E-state index is 11.8. The fraction of sp³-hybridized carbons (Fsp3) is 0.387. The predicted molar refractivity (Wildman–Crippen MR) is 151 cm³/mol. The number of aryl methyl sites for hydroxylation is 1. The largest absolute Gasteiger partial charge is 0.493 e. The van der Waals surface area contributed by atoms with Gasteiger partial charge in [0.15, 0.2) is 0 Å². The van der Waals surface area contributed by atoms with Crippen molar-refractivity contribution in [3.8, 4) is 16.9 Å². The molecule has 2 aromatic heterocycles. The Balaban J connectivity index is 0.000000540. The molecular formula is C31H35N3O4. The van der Waals surface area contributed by atoms with Crippen molar-refractivity contribution < 1.29 is 19.7 Å². The number of carbonyl (C=O) groups is 1. The van der Waals surface area contributed by atoms with Gasteiger partial charge in [0.05, 0.1) is 29.7 Å². The monoisotopic (exact) mass is 513 g/mol. The number of ether oxygens (including phenoxy) is 1. The summed E-state index contributed by atoms with van der Waals surface area (Å²) in [5.74, 6) is 0.980. The maximum atomic E-state index is 11.8. The predicted octanol–water partition coefficient (Wildman–Crippen LogP) is 5.70. The highest BCUT2D eigenvalue weighted by Crippen LogP contribution is 2.42. The number of hydrogen-bond donors (Lipinski definition) is 2. The molecule has 6 rings (SSSR count). The molecule has 198 valence electrons. The summed E-state index contributed by atoms with van der Waals surface area (Å²) in [6.45, 7) is 9.92. The van der Waals surface area contributed by atoms with Crippen molar-refractivity contribution in [1.29, 1.82) is 0 Å². The lowest BCUT2D eigenvalue weighted by Crippen LogP contribution is -2.18. The average Bonchev–Trinajstić information content (AvgIpc) is 3.39. The van der Waals surface area contributed by atoms with Gasteiger partial charge in [-0.15, -0.1) is 0 Å². The van der Waals surface area contributed by atoms with Crippen molar-refractivity contribution in [1.82, 2.24) is 9.97 Å². The highest BCUT2D eigenvalue weighted by Gasteiger charge is 2.23. The van der Waals surface area contributed by atoms with Gasteiger partial charge in [0.2, 0.25) is 0 Å². The van der Waals surface area contributed by atoms with E-state index in [0.29, 0.717) is 6.61 Å². The minimum absolute atomic E-state index is 0.0512. The summed E-state index contributed by atoms with van der Waals surface area (Å²) in [5, 5.41) is 20.2. The van der Waals surface area contributed by atoms with Gasteiger partial charge in [0.25, 0.3) is 0 Å². The van der Waals surface area contributed by atoms with Crippen molar-refractivity contribution in [3.05, 3.63) is 59.3 Å². The van der Waals surface area contributed by atoms with E-state index >= 15 is 0 Å². The number of anilines is 1. The van der Waals surface area contributed by atoms with Gasteiger partial charge >= 0.3 is 5.97 Å². The summed E-state index contributed by atoms with van der Waals surface area (Å²) in [5.41, 5.74) is 6.04. The van der Waals surface area contributed by atoms with Crippen LogP contribution < -0.4 is 9.64 Å². The molecule has 1 saturated heterocycles. The molecule has 0 amide bonds. The van der Waals surface area contributed by atoms with Crippen molar-refractivity contribution in [3.63, 3.8) is 0 Å². The summed E-state index contributed by atoms with van der Waals surface area (Å²) in [6, 6.07) is 12.3. The van der Waals surface area contributed by atoms with Crippen LogP contribution in [0.5, 0.6) is 5.75 Å². The lowest BCUT2D eigenvalue weighted by Gasteiger charge is -2.22. The summed E-state index contributed by atoms with van der Waals surface area (Å²) in [6.07, 6.45) is 5.01. The first-order valence-electron chi connectivity index (χ1n) is 13.3. The van der Waals surface area contributed by atoms with E-state index in [0.717, 1.165) is 75.1 Å². The molecule has 7 heteroatoms. The topological polar surface area (TPSA) is 95.8 Å². The number of nitrogens with zero attached hydrogens (tertiary/aromatic N) is 3. The van der Waals surface area contributed by atoms with Crippen molar-refractivity contribution in [2.45, 2.75) is 59.0 Å². The average molecular weight is 514 g/mol. The van der Waals surface area contributed by atoms with Gasteiger partial charge in [-0.3, -0.25) is 9.78 Å². The second-order valence-electron chi connectivity index (χ2n) is 11.1. The molecule has 0 radical (unpaired) electrons. The molecule has 0 saturated carbocycles. The van der Waals surface area contributed by atoms with E-state index in [4.69, 9.17) is 19.8 Å². The molecule has 2 N–H and O–H groups in total. The van der Waals surface area contributed by atoms with Gasteiger partial charge in [0, 0.05) is 42.0 Å². The Labute approximate surface area is 223 Å². The Morgan fingerprint density at radius 3 is 2.55 bits per heavy atom. The molecule has 0 aliphatic carbocycles. The zero-order valence-corrected chi connectivity index (χ0v) is 22.5. The number of fused-ring (bicyclic) bond motifs is 1. The normalized spacial score (nSPS) is 14.8. The Hall–Kier alpha value is -3.71. The summed E-state index contributed by atoms with van der Waals surface area (Å²) < 4.78 is 5.91. The zero-order valence-electron chi connectivity index (χ0n) is 22.5. The van der Waals surface area contributed by atoms with E-state index in [1.165, 1.54) is 18.4 Å². The van der Waals surface area contributed by atoms with Crippen LogP contribution in [0.2, 0.25) is 0 Å². The molecule has 0 unspecified atom stereocenters. The zero-order chi connectivity index (χ0) is 27.0. The van der Waals surface area contributed by atoms with Crippen LogP contribution >= 0.6 is 0 Å². The molecule has 2 aliphatic heterocycles. The molecular weight excluding hydrogens is 478 g/mol. The minimum Gasteiger partial charge on any atom is -0.493 e. The number of aliphatic hydroxyl groups is 1. The minimum atomic E-state index is -0.848. The second-order valence-corrected chi connectivity index (χ2v) is 11.1. The van der Waals surface area contributed by atoms with Crippen LogP contribution in [0.4, 0.5) is 5.82 Å². The third kappa shape index (κ3) is 5.29. The van der Waals surface area contributed by atoms with Gasteiger partial charge in [-0.25, -0.2) is 4.98 Å². The fourth-order valence-corrected chi connectivity index (χ4v) is 5.35. The van der Waals surface area contributed by atoms with E-state index in [-0.39, 0.29) is 6.42 Å². The summed E-state index contributed by atoms with van der Waals surface area (Å²) >= 11 is 0. The first kappa shape index (κ1) is 25.9.